The molecule has 1 nitrogen and oxygen atoms in total. The molecule has 0 aliphatic heterocycles. The number of rotatable bonds is 0. The predicted molar refractivity (Wildman–Crippen MR) is 31.1 cm³/mol. The van der Waals surface area contributed by atoms with Gasteiger partial charge < -0.3 is 5.11 Å². The quantitative estimate of drug-likeness (QED) is 0.490. The summed E-state index contributed by atoms with van der Waals surface area (Å²) in [6.07, 6.45) is -0.201. The molecule has 0 radical (unpaired) electrons. The second-order valence-corrected chi connectivity index (χ2v) is 3.04. The van der Waals surface area contributed by atoms with Gasteiger partial charge in [0, 0.05) is 0 Å². The van der Waals surface area contributed by atoms with Crippen LogP contribution in [-0.2, 0) is 0 Å². The summed E-state index contributed by atoms with van der Waals surface area (Å²) in [6.45, 7) is 7.84. The molecular weight excluding hydrogens is 88.1 g/mol. The zero-order valence-corrected chi connectivity index (χ0v) is 5.52. The average molecular weight is 102 g/mol. The molecule has 1 atom stereocenters. The molecule has 0 aromatic carbocycles. The lowest BCUT2D eigenvalue weighted by atomic mass is 9.91. The van der Waals surface area contributed by atoms with E-state index in [1.165, 1.54) is 0 Å². The normalized spacial score (nSPS) is 16.7. The van der Waals surface area contributed by atoms with Crippen LogP contribution in [0.2, 0.25) is 0 Å². The van der Waals surface area contributed by atoms with Crippen LogP contribution in [0.25, 0.3) is 0 Å². The molecule has 0 aliphatic carbocycles. The molecular formula is C6H14O. The molecule has 0 aliphatic rings. The third-order valence-corrected chi connectivity index (χ3v) is 1.25. The van der Waals surface area contributed by atoms with Crippen LogP contribution in [0.5, 0.6) is 0 Å². The second kappa shape index (κ2) is 1.83. The van der Waals surface area contributed by atoms with Gasteiger partial charge in [-0.3, -0.25) is 0 Å². The van der Waals surface area contributed by atoms with Crippen LogP contribution in [0.4, 0.5) is 0 Å². The molecule has 0 unspecified atom stereocenters. The van der Waals surface area contributed by atoms with Gasteiger partial charge in [-0.25, -0.2) is 0 Å². The number of aliphatic hydroxyl groups excluding tert-OH is 1. The van der Waals surface area contributed by atoms with Gasteiger partial charge in [0.25, 0.3) is 0 Å². The summed E-state index contributed by atoms with van der Waals surface area (Å²) in [4.78, 5) is 0. The summed E-state index contributed by atoms with van der Waals surface area (Å²) < 4.78 is 0. The van der Waals surface area contributed by atoms with Crippen molar-refractivity contribution in [2.24, 2.45) is 5.41 Å². The van der Waals surface area contributed by atoms with Crippen molar-refractivity contribution in [1.82, 2.24) is 0 Å². The molecule has 7 heavy (non-hydrogen) atoms. The first kappa shape index (κ1) is 6.96. The second-order valence-electron chi connectivity index (χ2n) is 3.04. The van der Waals surface area contributed by atoms with E-state index < -0.39 is 0 Å². The fraction of sp³-hybridized carbons (Fsp3) is 1.00. The highest BCUT2D eigenvalue weighted by Crippen LogP contribution is 2.17. The fourth-order valence-corrected chi connectivity index (χ4v) is 0. The molecule has 1 N–H and O–H groups in total. The van der Waals surface area contributed by atoms with E-state index in [1.807, 2.05) is 20.8 Å². The lowest BCUT2D eigenvalue weighted by Gasteiger charge is -2.21. The van der Waals surface area contributed by atoms with E-state index >= 15 is 0 Å². The minimum atomic E-state index is -0.201. The van der Waals surface area contributed by atoms with E-state index in [0.29, 0.717) is 0 Å². The summed E-state index contributed by atoms with van der Waals surface area (Å²) in [6, 6.07) is 0. The molecule has 0 bridgehead atoms. The highest BCUT2D eigenvalue weighted by atomic mass is 16.3. The summed E-state index contributed by atoms with van der Waals surface area (Å²) in [5.41, 5.74) is 0.0556. The van der Waals surface area contributed by atoms with E-state index in [0.717, 1.165) is 0 Å². The minimum Gasteiger partial charge on any atom is -0.393 e. The van der Waals surface area contributed by atoms with Crippen molar-refractivity contribution in [1.29, 1.82) is 0 Å². The Kier molecular flexibility index (Phi) is 1.82. The number of hydrogen-bond acceptors (Lipinski definition) is 1. The van der Waals surface area contributed by atoms with Gasteiger partial charge in [0.1, 0.15) is 0 Å². The van der Waals surface area contributed by atoms with E-state index in [2.05, 4.69) is 0 Å². The van der Waals surface area contributed by atoms with Crippen molar-refractivity contribution < 1.29 is 5.11 Å². The topological polar surface area (TPSA) is 20.2 Å². The van der Waals surface area contributed by atoms with E-state index in [4.69, 9.17) is 5.11 Å². The maximum atomic E-state index is 8.89. The van der Waals surface area contributed by atoms with Gasteiger partial charge in [0.2, 0.25) is 0 Å². The van der Waals surface area contributed by atoms with Crippen molar-refractivity contribution in [2.45, 2.75) is 33.8 Å². The molecule has 44 valence electrons. The van der Waals surface area contributed by atoms with Gasteiger partial charge in [-0.2, -0.15) is 0 Å². The first-order valence-corrected chi connectivity index (χ1v) is 2.62. The van der Waals surface area contributed by atoms with E-state index in [1.54, 1.807) is 6.92 Å². The van der Waals surface area contributed by atoms with Crippen LogP contribution in [0.3, 0.4) is 0 Å². The monoisotopic (exact) mass is 102 g/mol. The van der Waals surface area contributed by atoms with Crippen molar-refractivity contribution >= 4 is 0 Å². The molecule has 1 heteroatoms. The van der Waals surface area contributed by atoms with E-state index in [9.17, 15) is 0 Å². The highest BCUT2D eigenvalue weighted by Gasteiger charge is 2.15. The third-order valence-electron chi connectivity index (χ3n) is 1.25. The lowest BCUT2D eigenvalue weighted by molar-refractivity contribution is 0.0801. The Morgan fingerprint density at radius 1 is 1.29 bits per heavy atom. The van der Waals surface area contributed by atoms with Crippen LogP contribution in [0, 0.1) is 5.41 Å². The van der Waals surface area contributed by atoms with Crippen molar-refractivity contribution in [3.8, 4) is 0 Å². The average Bonchev–Trinajstić information content (AvgIpc) is 1.31. The largest absolute Gasteiger partial charge is 0.393 e. The van der Waals surface area contributed by atoms with Crippen LogP contribution in [0.15, 0.2) is 0 Å². The minimum absolute atomic E-state index is 0.0556. The van der Waals surface area contributed by atoms with Gasteiger partial charge in [-0.05, 0) is 12.3 Å². The molecule has 0 amide bonds. The summed E-state index contributed by atoms with van der Waals surface area (Å²) in [7, 11) is 0. The van der Waals surface area contributed by atoms with Crippen molar-refractivity contribution in [2.75, 3.05) is 0 Å². The zero-order valence-electron chi connectivity index (χ0n) is 5.52. The van der Waals surface area contributed by atoms with Crippen LogP contribution < -0.4 is 0 Å². The van der Waals surface area contributed by atoms with Gasteiger partial charge in [0.15, 0.2) is 0 Å². The van der Waals surface area contributed by atoms with Crippen LogP contribution in [0.1, 0.15) is 27.7 Å². The Balaban J connectivity index is 3.54. The fourth-order valence-electron chi connectivity index (χ4n) is 0. The molecule has 0 aromatic heterocycles. The van der Waals surface area contributed by atoms with Gasteiger partial charge >= 0.3 is 0 Å². The molecule has 0 spiro atoms. The third kappa shape index (κ3) is 2.63. The smallest absolute Gasteiger partial charge is 0.0560 e. The van der Waals surface area contributed by atoms with Gasteiger partial charge in [0.05, 0.1) is 6.10 Å². The van der Waals surface area contributed by atoms with Crippen molar-refractivity contribution in [3.05, 3.63) is 0 Å². The van der Waals surface area contributed by atoms with Gasteiger partial charge in [-0.1, -0.05) is 20.8 Å². The lowest BCUT2D eigenvalue weighted by Crippen LogP contribution is -2.21. The maximum absolute atomic E-state index is 8.89. The Morgan fingerprint density at radius 2 is 1.43 bits per heavy atom. The zero-order chi connectivity index (χ0) is 6.08. The molecule has 0 saturated carbocycles. The molecule has 0 heterocycles. The summed E-state index contributed by atoms with van der Waals surface area (Å²) >= 11 is 0. The molecule has 0 saturated heterocycles. The SMILES string of the molecule is C[C@H](O)C(C)(C)C. The van der Waals surface area contributed by atoms with E-state index in [-0.39, 0.29) is 11.5 Å². The standard InChI is InChI=1S/C6H14O/c1-5(7)6(2,3)4/h5,7H,1-4H3/t5-/m0/s1. The highest BCUT2D eigenvalue weighted by molar-refractivity contribution is 4.66. The number of hydrogen-bond donors (Lipinski definition) is 1. The van der Waals surface area contributed by atoms with Crippen LogP contribution in [-0.4, -0.2) is 11.2 Å². The first-order valence-electron chi connectivity index (χ1n) is 2.62. The molecule has 0 fully saturated rings. The molecule has 0 rings (SSSR count). The van der Waals surface area contributed by atoms with Crippen molar-refractivity contribution in [3.63, 3.8) is 0 Å². The molecule has 0 aromatic rings. The Bertz CT molecular complexity index is 49.7. The maximum Gasteiger partial charge on any atom is 0.0560 e. The Labute approximate surface area is 45.4 Å². The first-order chi connectivity index (χ1) is 2.94. The van der Waals surface area contributed by atoms with Gasteiger partial charge in [-0.15, -0.1) is 0 Å². The summed E-state index contributed by atoms with van der Waals surface area (Å²) in [5, 5.41) is 8.89. The predicted octanol–water partition coefficient (Wildman–Crippen LogP) is 1.41. The Hall–Kier alpha value is -0.0400. The summed E-state index contributed by atoms with van der Waals surface area (Å²) in [5.74, 6) is 0. The number of aliphatic hydroxyl groups is 1. The Morgan fingerprint density at radius 3 is 1.43 bits per heavy atom. The van der Waals surface area contributed by atoms with Crippen LogP contribution >= 0.6 is 0 Å².